The van der Waals surface area contributed by atoms with Crippen molar-refractivity contribution < 1.29 is 4.79 Å². The molecule has 0 fully saturated rings. The number of carbonyl (C=O) groups is 1. The fourth-order valence-electron chi connectivity index (χ4n) is 1.55. The molecule has 4 heteroatoms. The van der Waals surface area contributed by atoms with Crippen molar-refractivity contribution in [3.63, 3.8) is 0 Å². The highest BCUT2D eigenvalue weighted by atomic mass is 32.2. The lowest BCUT2D eigenvalue weighted by Gasteiger charge is -2.16. The first-order chi connectivity index (χ1) is 8.69. The second-order valence-electron chi connectivity index (χ2n) is 4.03. The molecule has 1 amide bonds. The van der Waals surface area contributed by atoms with Gasteiger partial charge >= 0.3 is 0 Å². The highest BCUT2D eigenvalue weighted by Gasteiger charge is 2.03. The molecule has 3 nitrogen and oxygen atoms in total. The highest BCUT2D eigenvalue weighted by molar-refractivity contribution is 7.97. The maximum Gasteiger partial charge on any atom is 0.224 e. The molecule has 1 aromatic carbocycles. The van der Waals surface area contributed by atoms with E-state index in [1.54, 1.807) is 11.9 Å². The van der Waals surface area contributed by atoms with Crippen LogP contribution in [0.5, 0.6) is 0 Å². The molecule has 0 heterocycles. The van der Waals surface area contributed by atoms with Crippen LogP contribution in [0.1, 0.15) is 33.6 Å². The Balaban J connectivity index is 2.54. The first-order valence-corrected chi connectivity index (χ1v) is 7.29. The van der Waals surface area contributed by atoms with Crippen LogP contribution in [0.2, 0.25) is 0 Å². The van der Waals surface area contributed by atoms with Gasteiger partial charge in [-0.25, -0.2) is 4.31 Å². The molecule has 0 aliphatic heterocycles. The molecule has 0 atom stereocenters. The van der Waals surface area contributed by atoms with E-state index in [0.29, 0.717) is 6.42 Å². The third-order valence-electron chi connectivity index (χ3n) is 2.56. The van der Waals surface area contributed by atoms with Crippen LogP contribution in [-0.4, -0.2) is 23.3 Å². The van der Waals surface area contributed by atoms with E-state index >= 15 is 0 Å². The van der Waals surface area contributed by atoms with Crippen LogP contribution in [0.4, 0.5) is 5.69 Å². The maximum absolute atomic E-state index is 11.4. The number of amides is 1. The van der Waals surface area contributed by atoms with Crippen molar-refractivity contribution in [2.45, 2.75) is 38.5 Å². The zero-order chi connectivity index (χ0) is 13.4. The Morgan fingerprint density at radius 1 is 1.17 bits per heavy atom. The van der Waals surface area contributed by atoms with Gasteiger partial charge in [0.2, 0.25) is 5.91 Å². The van der Waals surface area contributed by atoms with Gasteiger partial charge in [-0.15, -0.1) is 0 Å². The Morgan fingerprint density at radius 3 is 2.28 bits per heavy atom. The average Bonchev–Trinajstić information content (AvgIpc) is 2.38. The number of hydrogen-bond donors (Lipinski definition) is 1. The quantitative estimate of drug-likeness (QED) is 0.762. The standard InChI is InChI=1S/C14H22N2OS/c1-4-7-14(17)15-12-8-10-13(11-9-12)18-16(5-2)6-3/h8-11H,4-7H2,1-3H3,(H,15,17). The zero-order valence-electron chi connectivity index (χ0n) is 11.4. The lowest BCUT2D eigenvalue weighted by molar-refractivity contribution is -0.116. The second-order valence-corrected chi connectivity index (χ2v) is 5.20. The Morgan fingerprint density at radius 2 is 1.78 bits per heavy atom. The van der Waals surface area contributed by atoms with Crippen molar-refractivity contribution in [2.75, 3.05) is 18.4 Å². The van der Waals surface area contributed by atoms with E-state index in [1.807, 2.05) is 31.2 Å². The van der Waals surface area contributed by atoms with Crippen molar-refractivity contribution in [1.82, 2.24) is 4.31 Å². The predicted octanol–water partition coefficient (Wildman–Crippen LogP) is 3.77. The van der Waals surface area contributed by atoms with E-state index < -0.39 is 0 Å². The molecule has 0 saturated heterocycles. The van der Waals surface area contributed by atoms with Gasteiger partial charge in [-0.05, 0) is 42.6 Å². The molecule has 0 aromatic heterocycles. The summed E-state index contributed by atoms with van der Waals surface area (Å²) in [5, 5.41) is 2.89. The summed E-state index contributed by atoms with van der Waals surface area (Å²) in [4.78, 5) is 12.6. The van der Waals surface area contributed by atoms with Gasteiger partial charge in [0.1, 0.15) is 0 Å². The summed E-state index contributed by atoms with van der Waals surface area (Å²) in [6.07, 6.45) is 1.46. The largest absolute Gasteiger partial charge is 0.326 e. The Hall–Kier alpha value is -1.00. The van der Waals surface area contributed by atoms with Crippen molar-refractivity contribution >= 4 is 23.5 Å². The van der Waals surface area contributed by atoms with Gasteiger partial charge in [0.05, 0.1) is 0 Å². The summed E-state index contributed by atoms with van der Waals surface area (Å²) in [5.74, 6) is 0.0849. The van der Waals surface area contributed by atoms with Crippen LogP contribution in [0.25, 0.3) is 0 Å². The van der Waals surface area contributed by atoms with Gasteiger partial charge < -0.3 is 5.32 Å². The van der Waals surface area contributed by atoms with Crippen molar-refractivity contribution in [2.24, 2.45) is 0 Å². The normalized spacial score (nSPS) is 10.7. The molecule has 18 heavy (non-hydrogen) atoms. The molecule has 0 aliphatic rings. The Bertz CT molecular complexity index is 361. The van der Waals surface area contributed by atoms with E-state index in [2.05, 4.69) is 23.5 Å². The summed E-state index contributed by atoms with van der Waals surface area (Å²) >= 11 is 1.75. The van der Waals surface area contributed by atoms with Crippen LogP contribution in [-0.2, 0) is 4.79 Å². The molecular weight excluding hydrogens is 244 g/mol. The van der Waals surface area contributed by atoms with Crippen LogP contribution in [0.3, 0.4) is 0 Å². The number of benzene rings is 1. The van der Waals surface area contributed by atoms with E-state index in [9.17, 15) is 4.79 Å². The van der Waals surface area contributed by atoms with Crippen LogP contribution in [0, 0.1) is 0 Å². The van der Waals surface area contributed by atoms with E-state index in [-0.39, 0.29) is 5.91 Å². The number of nitrogens with zero attached hydrogens (tertiary/aromatic N) is 1. The highest BCUT2D eigenvalue weighted by Crippen LogP contribution is 2.23. The van der Waals surface area contributed by atoms with Gasteiger partial charge in [0.25, 0.3) is 0 Å². The lowest BCUT2D eigenvalue weighted by atomic mass is 10.3. The van der Waals surface area contributed by atoms with E-state index in [0.717, 1.165) is 25.2 Å². The van der Waals surface area contributed by atoms with Crippen LogP contribution >= 0.6 is 11.9 Å². The smallest absolute Gasteiger partial charge is 0.224 e. The van der Waals surface area contributed by atoms with Gasteiger partial charge in [0, 0.05) is 30.1 Å². The SMILES string of the molecule is CCCC(=O)Nc1ccc(SN(CC)CC)cc1. The summed E-state index contributed by atoms with van der Waals surface area (Å²) in [6.45, 7) is 8.35. The monoisotopic (exact) mass is 266 g/mol. The van der Waals surface area contributed by atoms with E-state index in [4.69, 9.17) is 0 Å². The molecule has 0 saturated carbocycles. The second kappa shape index (κ2) is 8.16. The van der Waals surface area contributed by atoms with Crippen LogP contribution in [0.15, 0.2) is 29.2 Å². The molecule has 1 N–H and O–H groups in total. The van der Waals surface area contributed by atoms with Gasteiger partial charge in [-0.3, -0.25) is 4.79 Å². The average molecular weight is 266 g/mol. The minimum absolute atomic E-state index is 0.0849. The first kappa shape index (κ1) is 15.1. The first-order valence-electron chi connectivity index (χ1n) is 6.52. The minimum atomic E-state index is 0.0849. The van der Waals surface area contributed by atoms with Crippen molar-refractivity contribution in [3.05, 3.63) is 24.3 Å². The molecule has 0 aliphatic carbocycles. The van der Waals surface area contributed by atoms with Crippen molar-refractivity contribution in [1.29, 1.82) is 0 Å². The summed E-state index contributed by atoms with van der Waals surface area (Å²) in [6, 6.07) is 8.01. The molecule has 1 rings (SSSR count). The number of anilines is 1. The number of hydrogen-bond acceptors (Lipinski definition) is 3. The molecule has 0 bridgehead atoms. The number of nitrogens with one attached hydrogen (secondary N) is 1. The molecule has 100 valence electrons. The van der Waals surface area contributed by atoms with E-state index in [1.165, 1.54) is 4.90 Å². The number of carbonyl (C=O) groups excluding carboxylic acids is 1. The third kappa shape index (κ3) is 5.10. The fourth-order valence-corrected chi connectivity index (χ4v) is 2.37. The molecular formula is C14H22N2OS. The summed E-state index contributed by atoms with van der Waals surface area (Å²) in [7, 11) is 0. The topological polar surface area (TPSA) is 32.3 Å². The molecule has 0 radical (unpaired) electrons. The van der Waals surface area contributed by atoms with Gasteiger partial charge in [-0.1, -0.05) is 20.8 Å². The number of rotatable bonds is 7. The van der Waals surface area contributed by atoms with Gasteiger partial charge in [-0.2, -0.15) is 0 Å². The predicted molar refractivity (Wildman–Crippen MR) is 78.8 cm³/mol. The molecule has 0 unspecified atom stereocenters. The van der Waals surface area contributed by atoms with Crippen LogP contribution < -0.4 is 5.32 Å². The zero-order valence-corrected chi connectivity index (χ0v) is 12.2. The third-order valence-corrected chi connectivity index (χ3v) is 3.81. The fraction of sp³-hybridized carbons (Fsp3) is 0.500. The van der Waals surface area contributed by atoms with Crippen molar-refractivity contribution in [3.8, 4) is 0 Å². The Labute approximate surface area is 114 Å². The summed E-state index contributed by atoms with van der Waals surface area (Å²) < 4.78 is 2.28. The lowest BCUT2D eigenvalue weighted by Crippen LogP contribution is -2.13. The minimum Gasteiger partial charge on any atom is -0.326 e. The maximum atomic E-state index is 11.4. The molecule has 0 spiro atoms. The Kier molecular flexibility index (Phi) is 6.83. The molecule has 1 aromatic rings. The van der Waals surface area contributed by atoms with Gasteiger partial charge in [0.15, 0.2) is 0 Å². The summed E-state index contributed by atoms with van der Waals surface area (Å²) in [5.41, 5.74) is 0.873.